The SMILES string of the molecule is N#CC1(NS(=O)(=O)c2ccc([N+](=O)[O-])nc2)CCCCC1. The second kappa shape index (κ2) is 5.75. The van der Waals surface area contributed by atoms with E-state index in [9.17, 15) is 23.8 Å². The fourth-order valence-corrected chi connectivity index (χ4v) is 3.67. The van der Waals surface area contributed by atoms with Crippen molar-refractivity contribution in [3.05, 3.63) is 28.4 Å². The van der Waals surface area contributed by atoms with Gasteiger partial charge in [0.2, 0.25) is 10.0 Å². The molecule has 1 aromatic heterocycles. The highest BCUT2D eigenvalue weighted by atomic mass is 32.2. The summed E-state index contributed by atoms with van der Waals surface area (Å²) in [6, 6.07) is 4.19. The minimum absolute atomic E-state index is 0.187. The summed E-state index contributed by atoms with van der Waals surface area (Å²) in [5.74, 6) is -0.429. The van der Waals surface area contributed by atoms with E-state index in [2.05, 4.69) is 15.8 Å². The molecule has 1 aliphatic rings. The van der Waals surface area contributed by atoms with E-state index >= 15 is 0 Å². The molecule has 1 N–H and O–H groups in total. The number of nitrogens with zero attached hydrogens (tertiary/aromatic N) is 3. The molecule has 1 aromatic rings. The van der Waals surface area contributed by atoms with Crippen molar-refractivity contribution >= 4 is 15.8 Å². The van der Waals surface area contributed by atoms with E-state index in [0.29, 0.717) is 12.8 Å². The lowest BCUT2D eigenvalue weighted by Crippen LogP contribution is -2.48. The summed E-state index contributed by atoms with van der Waals surface area (Å²) in [6.07, 6.45) is 4.40. The van der Waals surface area contributed by atoms with E-state index in [0.717, 1.165) is 37.6 Å². The number of sulfonamides is 1. The number of hydrogen-bond acceptors (Lipinski definition) is 6. The minimum atomic E-state index is -3.93. The topological polar surface area (TPSA) is 126 Å². The third-order valence-corrected chi connectivity index (χ3v) is 4.99. The maximum atomic E-state index is 12.3. The van der Waals surface area contributed by atoms with Crippen molar-refractivity contribution in [1.82, 2.24) is 9.71 Å². The predicted molar refractivity (Wildman–Crippen MR) is 72.6 cm³/mol. The van der Waals surface area contributed by atoms with Gasteiger partial charge in [-0.25, -0.2) is 8.42 Å². The number of rotatable bonds is 4. The number of nitriles is 1. The van der Waals surface area contributed by atoms with E-state index in [-0.39, 0.29) is 4.90 Å². The van der Waals surface area contributed by atoms with Crippen LogP contribution in [0.25, 0.3) is 0 Å². The lowest BCUT2D eigenvalue weighted by atomic mass is 9.84. The van der Waals surface area contributed by atoms with Gasteiger partial charge in [0.1, 0.15) is 10.4 Å². The summed E-state index contributed by atoms with van der Waals surface area (Å²) in [4.78, 5) is 13.1. The molecule has 0 spiro atoms. The third kappa shape index (κ3) is 3.34. The van der Waals surface area contributed by atoms with Crippen LogP contribution >= 0.6 is 0 Å². The Kier molecular flexibility index (Phi) is 4.20. The molecule has 1 heterocycles. The molecule has 0 atom stereocenters. The van der Waals surface area contributed by atoms with Gasteiger partial charge < -0.3 is 10.1 Å². The maximum absolute atomic E-state index is 12.3. The lowest BCUT2D eigenvalue weighted by Gasteiger charge is -2.30. The van der Waals surface area contributed by atoms with Gasteiger partial charge in [-0.1, -0.05) is 19.3 Å². The molecule has 0 radical (unpaired) electrons. The average Bonchev–Trinajstić information content (AvgIpc) is 2.48. The van der Waals surface area contributed by atoms with Crippen LogP contribution in [0.3, 0.4) is 0 Å². The summed E-state index contributed by atoms with van der Waals surface area (Å²) in [5.41, 5.74) is -1.10. The first-order valence-electron chi connectivity index (χ1n) is 6.44. The fourth-order valence-electron chi connectivity index (χ4n) is 2.35. The number of aromatic nitrogens is 1. The van der Waals surface area contributed by atoms with Gasteiger partial charge in [0, 0.05) is 6.07 Å². The molecule has 0 unspecified atom stereocenters. The van der Waals surface area contributed by atoms with E-state index in [4.69, 9.17) is 0 Å². The van der Waals surface area contributed by atoms with Gasteiger partial charge in [-0.3, -0.25) is 0 Å². The predicted octanol–water partition coefficient (Wildman–Crippen LogP) is 1.49. The second-order valence-electron chi connectivity index (χ2n) is 4.97. The van der Waals surface area contributed by atoms with Crippen molar-refractivity contribution in [3.63, 3.8) is 0 Å². The Morgan fingerprint density at radius 1 is 1.33 bits per heavy atom. The lowest BCUT2D eigenvalue weighted by molar-refractivity contribution is -0.389. The van der Waals surface area contributed by atoms with Gasteiger partial charge in [0.15, 0.2) is 6.20 Å². The molecule has 0 bridgehead atoms. The highest BCUT2D eigenvalue weighted by Crippen LogP contribution is 2.29. The van der Waals surface area contributed by atoms with Crippen molar-refractivity contribution in [2.45, 2.75) is 42.5 Å². The minimum Gasteiger partial charge on any atom is -0.358 e. The molecular formula is C12H14N4O4S. The summed E-state index contributed by atoms with van der Waals surface area (Å²) >= 11 is 0. The highest BCUT2D eigenvalue weighted by molar-refractivity contribution is 7.89. The fraction of sp³-hybridized carbons (Fsp3) is 0.500. The van der Waals surface area contributed by atoms with Crippen molar-refractivity contribution in [3.8, 4) is 6.07 Å². The molecule has 1 fully saturated rings. The summed E-state index contributed by atoms with van der Waals surface area (Å²) < 4.78 is 27.0. The molecular weight excluding hydrogens is 296 g/mol. The van der Waals surface area contributed by atoms with Crippen LogP contribution in [0.5, 0.6) is 0 Å². The van der Waals surface area contributed by atoms with Crippen LogP contribution in [0.1, 0.15) is 32.1 Å². The maximum Gasteiger partial charge on any atom is 0.363 e. The smallest absolute Gasteiger partial charge is 0.358 e. The zero-order valence-corrected chi connectivity index (χ0v) is 12.0. The first-order chi connectivity index (χ1) is 9.88. The molecule has 1 aliphatic carbocycles. The van der Waals surface area contributed by atoms with Gasteiger partial charge in [0.05, 0.1) is 6.07 Å². The van der Waals surface area contributed by atoms with Crippen molar-refractivity contribution < 1.29 is 13.3 Å². The Morgan fingerprint density at radius 2 is 2.00 bits per heavy atom. The second-order valence-corrected chi connectivity index (χ2v) is 6.65. The standard InChI is InChI=1S/C12H14N4O4S/c13-9-12(6-2-1-3-7-12)15-21(19,20)10-4-5-11(14-8-10)16(17)18/h4-5,8,15H,1-3,6-7H2. The Labute approximate surface area is 122 Å². The number of pyridine rings is 1. The first kappa shape index (κ1) is 15.3. The monoisotopic (exact) mass is 310 g/mol. The molecule has 0 amide bonds. The van der Waals surface area contributed by atoms with Crippen LogP contribution < -0.4 is 4.72 Å². The molecule has 21 heavy (non-hydrogen) atoms. The molecule has 2 rings (SSSR count). The molecule has 112 valence electrons. The quantitative estimate of drug-likeness (QED) is 0.663. The van der Waals surface area contributed by atoms with Crippen LogP contribution in [0, 0.1) is 21.4 Å². The summed E-state index contributed by atoms with van der Waals surface area (Å²) in [7, 11) is -3.93. The van der Waals surface area contributed by atoms with Gasteiger partial charge in [-0.2, -0.15) is 9.98 Å². The van der Waals surface area contributed by atoms with Crippen LogP contribution in [0.4, 0.5) is 5.82 Å². The Hall–Kier alpha value is -2.05. The van der Waals surface area contributed by atoms with Crippen LogP contribution in [0.2, 0.25) is 0 Å². The molecule has 9 heteroatoms. The average molecular weight is 310 g/mol. The Morgan fingerprint density at radius 3 is 2.48 bits per heavy atom. The highest BCUT2D eigenvalue weighted by Gasteiger charge is 2.37. The summed E-state index contributed by atoms with van der Waals surface area (Å²) in [6.45, 7) is 0. The largest absolute Gasteiger partial charge is 0.363 e. The molecule has 1 saturated carbocycles. The zero-order valence-electron chi connectivity index (χ0n) is 11.2. The van der Waals surface area contributed by atoms with Crippen LogP contribution in [-0.2, 0) is 10.0 Å². The van der Waals surface area contributed by atoms with Gasteiger partial charge in [0.25, 0.3) is 0 Å². The molecule has 0 saturated heterocycles. The summed E-state index contributed by atoms with van der Waals surface area (Å²) in [5, 5.41) is 19.8. The Balaban J connectivity index is 2.25. The zero-order chi connectivity index (χ0) is 15.5. The number of nitro groups is 1. The molecule has 0 aromatic carbocycles. The van der Waals surface area contributed by atoms with E-state index in [1.807, 2.05) is 0 Å². The third-order valence-electron chi connectivity index (χ3n) is 3.47. The van der Waals surface area contributed by atoms with Gasteiger partial charge in [-0.15, -0.1) is 0 Å². The molecule has 0 aliphatic heterocycles. The first-order valence-corrected chi connectivity index (χ1v) is 7.93. The van der Waals surface area contributed by atoms with Crippen molar-refractivity contribution in [2.75, 3.05) is 0 Å². The Bertz CT molecular complexity index is 672. The van der Waals surface area contributed by atoms with Crippen molar-refractivity contribution in [2.24, 2.45) is 0 Å². The van der Waals surface area contributed by atoms with E-state index < -0.39 is 26.3 Å². The normalized spacial score (nSPS) is 17.9. The van der Waals surface area contributed by atoms with E-state index in [1.165, 1.54) is 0 Å². The van der Waals surface area contributed by atoms with E-state index in [1.54, 1.807) is 0 Å². The van der Waals surface area contributed by atoms with Crippen LogP contribution in [-0.4, -0.2) is 23.9 Å². The number of hydrogen-bond donors (Lipinski definition) is 1. The van der Waals surface area contributed by atoms with Crippen molar-refractivity contribution in [1.29, 1.82) is 5.26 Å². The number of nitrogens with one attached hydrogen (secondary N) is 1. The van der Waals surface area contributed by atoms with Crippen LogP contribution in [0.15, 0.2) is 23.2 Å². The van der Waals surface area contributed by atoms with Gasteiger partial charge >= 0.3 is 5.82 Å². The molecule has 8 nitrogen and oxygen atoms in total. The van der Waals surface area contributed by atoms with Gasteiger partial charge in [-0.05, 0) is 28.8 Å².